The summed E-state index contributed by atoms with van der Waals surface area (Å²) in [4.78, 5) is 17.5. The van der Waals surface area contributed by atoms with Gasteiger partial charge in [-0.15, -0.1) is 0 Å². The number of carbonyl (C=O) groups is 1. The van der Waals surface area contributed by atoms with Crippen molar-refractivity contribution in [3.05, 3.63) is 95.6 Å². The van der Waals surface area contributed by atoms with E-state index >= 15 is 0 Å². The monoisotopic (exact) mass is 429 g/mol. The fourth-order valence-corrected chi connectivity index (χ4v) is 4.28. The zero-order chi connectivity index (χ0) is 22.3. The molecule has 3 aromatic carbocycles. The predicted molar refractivity (Wildman–Crippen MR) is 129 cm³/mol. The Morgan fingerprint density at radius 3 is 2.03 bits per heavy atom. The predicted octanol–water partition coefficient (Wildman–Crippen LogP) is 4.61. The molecule has 166 valence electrons. The van der Waals surface area contributed by atoms with E-state index in [1.165, 1.54) is 11.1 Å². The second-order valence-electron chi connectivity index (χ2n) is 8.15. The number of hydrogen-bond acceptors (Lipinski definition) is 4. The van der Waals surface area contributed by atoms with Crippen molar-refractivity contribution in [2.24, 2.45) is 0 Å². The van der Waals surface area contributed by atoms with Crippen molar-refractivity contribution >= 4 is 11.6 Å². The molecule has 3 aromatic rings. The first-order valence-corrected chi connectivity index (χ1v) is 11.3. The van der Waals surface area contributed by atoms with E-state index in [0.29, 0.717) is 36.7 Å². The highest BCUT2D eigenvalue weighted by atomic mass is 16.5. The van der Waals surface area contributed by atoms with Gasteiger partial charge in [0, 0.05) is 31.7 Å². The molecular formula is C27H31N3O2. The lowest BCUT2D eigenvalue weighted by Gasteiger charge is -2.39. The number of benzene rings is 3. The maximum absolute atomic E-state index is 13.1. The van der Waals surface area contributed by atoms with Crippen molar-refractivity contribution in [3.63, 3.8) is 0 Å². The maximum Gasteiger partial charge on any atom is 0.254 e. The van der Waals surface area contributed by atoms with Crippen LogP contribution in [0.2, 0.25) is 0 Å². The second-order valence-corrected chi connectivity index (χ2v) is 8.15. The molecule has 0 spiro atoms. The number of nitrogens with two attached hydrogens (primary N) is 1. The van der Waals surface area contributed by atoms with E-state index in [1.54, 1.807) is 12.1 Å². The van der Waals surface area contributed by atoms with Crippen LogP contribution in [0.4, 0.5) is 5.69 Å². The Hall–Kier alpha value is -3.31. The molecule has 5 heteroatoms. The Morgan fingerprint density at radius 2 is 1.50 bits per heavy atom. The molecule has 1 saturated heterocycles. The average molecular weight is 430 g/mol. The van der Waals surface area contributed by atoms with Gasteiger partial charge in [0.1, 0.15) is 5.75 Å². The summed E-state index contributed by atoms with van der Waals surface area (Å²) in [6.45, 7) is 5.66. The Kier molecular flexibility index (Phi) is 7.07. The Morgan fingerprint density at radius 1 is 0.906 bits per heavy atom. The summed E-state index contributed by atoms with van der Waals surface area (Å²) in [6.07, 6.45) is 0.914. The fourth-order valence-electron chi connectivity index (χ4n) is 4.28. The number of rotatable bonds is 7. The van der Waals surface area contributed by atoms with Gasteiger partial charge in [0.2, 0.25) is 0 Å². The lowest BCUT2D eigenvalue weighted by Crippen LogP contribution is -2.49. The Bertz CT molecular complexity index is 976. The minimum atomic E-state index is 0.0226. The van der Waals surface area contributed by atoms with Crippen molar-refractivity contribution in [1.82, 2.24) is 9.80 Å². The van der Waals surface area contributed by atoms with E-state index in [-0.39, 0.29) is 11.9 Å². The van der Waals surface area contributed by atoms with Gasteiger partial charge in [-0.2, -0.15) is 0 Å². The van der Waals surface area contributed by atoms with Gasteiger partial charge >= 0.3 is 0 Å². The summed E-state index contributed by atoms with van der Waals surface area (Å²) in [7, 11) is 0. The number of amides is 1. The van der Waals surface area contributed by atoms with Crippen LogP contribution in [0.3, 0.4) is 0 Å². The third-order valence-corrected chi connectivity index (χ3v) is 5.92. The average Bonchev–Trinajstić information content (AvgIpc) is 2.85. The van der Waals surface area contributed by atoms with Crippen LogP contribution in [-0.4, -0.2) is 48.5 Å². The molecule has 0 unspecified atom stereocenters. The highest BCUT2D eigenvalue weighted by Crippen LogP contribution is 2.30. The van der Waals surface area contributed by atoms with E-state index in [0.717, 1.165) is 19.5 Å². The Balaban J connectivity index is 1.46. The third-order valence-electron chi connectivity index (χ3n) is 5.92. The van der Waals surface area contributed by atoms with Crippen molar-refractivity contribution in [1.29, 1.82) is 0 Å². The van der Waals surface area contributed by atoms with E-state index in [9.17, 15) is 4.79 Å². The molecule has 1 amide bonds. The minimum Gasteiger partial charge on any atom is -0.491 e. The van der Waals surface area contributed by atoms with Crippen LogP contribution in [0.15, 0.2) is 78.9 Å². The molecule has 0 aliphatic carbocycles. The smallest absolute Gasteiger partial charge is 0.254 e. The molecule has 32 heavy (non-hydrogen) atoms. The molecule has 1 heterocycles. The Labute approximate surface area is 190 Å². The topological polar surface area (TPSA) is 58.8 Å². The molecule has 0 radical (unpaired) electrons. The minimum absolute atomic E-state index is 0.0226. The van der Waals surface area contributed by atoms with Crippen LogP contribution in [-0.2, 0) is 0 Å². The number of anilines is 1. The summed E-state index contributed by atoms with van der Waals surface area (Å²) in [6, 6.07) is 26.7. The van der Waals surface area contributed by atoms with Gasteiger partial charge in [-0.05, 0) is 35.7 Å². The third kappa shape index (κ3) is 4.94. The van der Waals surface area contributed by atoms with Crippen molar-refractivity contribution in [2.75, 3.05) is 38.5 Å². The zero-order valence-electron chi connectivity index (χ0n) is 18.6. The van der Waals surface area contributed by atoms with Crippen molar-refractivity contribution in [3.8, 4) is 5.75 Å². The quantitative estimate of drug-likeness (QED) is 0.558. The molecule has 5 nitrogen and oxygen atoms in total. The second kappa shape index (κ2) is 10.3. The van der Waals surface area contributed by atoms with Gasteiger partial charge in [-0.25, -0.2) is 0 Å². The van der Waals surface area contributed by atoms with Crippen LogP contribution in [0, 0.1) is 0 Å². The van der Waals surface area contributed by atoms with E-state index < -0.39 is 0 Å². The normalized spacial score (nSPS) is 14.5. The highest BCUT2D eigenvalue weighted by molar-refractivity contribution is 5.95. The van der Waals surface area contributed by atoms with Crippen LogP contribution < -0.4 is 10.5 Å². The molecule has 0 aromatic heterocycles. The van der Waals surface area contributed by atoms with Gasteiger partial charge in [-0.3, -0.25) is 9.69 Å². The van der Waals surface area contributed by atoms with Gasteiger partial charge in [0.25, 0.3) is 5.91 Å². The number of piperazine rings is 1. The zero-order valence-corrected chi connectivity index (χ0v) is 18.6. The van der Waals surface area contributed by atoms with Crippen LogP contribution in [0.1, 0.15) is 40.9 Å². The molecule has 0 atom stereocenters. The van der Waals surface area contributed by atoms with Gasteiger partial charge < -0.3 is 15.4 Å². The molecule has 1 fully saturated rings. The molecule has 2 N–H and O–H groups in total. The van der Waals surface area contributed by atoms with Crippen molar-refractivity contribution < 1.29 is 9.53 Å². The molecule has 4 rings (SSSR count). The van der Waals surface area contributed by atoms with Crippen LogP contribution in [0.5, 0.6) is 5.75 Å². The summed E-state index contributed by atoms with van der Waals surface area (Å²) >= 11 is 0. The van der Waals surface area contributed by atoms with E-state index in [4.69, 9.17) is 10.5 Å². The first-order valence-electron chi connectivity index (χ1n) is 11.3. The number of nitrogen functional groups attached to an aromatic ring is 1. The maximum atomic E-state index is 13.1. The molecular weight excluding hydrogens is 398 g/mol. The number of nitrogens with zero attached hydrogens (tertiary/aromatic N) is 2. The molecule has 1 aliphatic rings. The molecule has 0 saturated carbocycles. The highest BCUT2D eigenvalue weighted by Gasteiger charge is 2.28. The van der Waals surface area contributed by atoms with E-state index in [2.05, 4.69) is 53.4 Å². The first kappa shape index (κ1) is 21.9. The number of ether oxygens (including phenoxy) is 1. The van der Waals surface area contributed by atoms with Gasteiger partial charge in [0.15, 0.2) is 0 Å². The largest absolute Gasteiger partial charge is 0.491 e. The fraction of sp³-hybridized carbons (Fsp3) is 0.296. The first-order chi connectivity index (χ1) is 15.7. The summed E-state index contributed by atoms with van der Waals surface area (Å²) in [5.74, 6) is 0.663. The summed E-state index contributed by atoms with van der Waals surface area (Å²) in [5.41, 5.74) is 9.78. The molecule has 1 aliphatic heterocycles. The lowest BCUT2D eigenvalue weighted by molar-refractivity contribution is 0.0597. The number of carbonyl (C=O) groups excluding carboxylic acids is 1. The SMILES string of the molecule is CCCOc1ccc(C(=O)N2CCN(C(c3ccccc3)c3ccccc3)CC2)cc1N. The standard InChI is InChI=1S/C27H31N3O2/c1-2-19-32-25-14-13-23(20-24(25)28)27(31)30-17-15-29(16-18-30)26(21-9-5-3-6-10-21)22-11-7-4-8-12-22/h3-14,20,26H,2,15-19,28H2,1H3. The van der Waals surface area contributed by atoms with E-state index in [1.807, 2.05) is 30.0 Å². The number of hydrogen-bond donors (Lipinski definition) is 1. The summed E-state index contributed by atoms with van der Waals surface area (Å²) < 4.78 is 5.63. The molecule has 0 bridgehead atoms. The van der Waals surface area contributed by atoms with Crippen LogP contribution in [0.25, 0.3) is 0 Å². The van der Waals surface area contributed by atoms with Crippen molar-refractivity contribution in [2.45, 2.75) is 19.4 Å². The lowest BCUT2D eigenvalue weighted by atomic mass is 9.96. The van der Waals surface area contributed by atoms with Gasteiger partial charge in [0.05, 0.1) is 18.3 Å². The van der Waals surface area contributed by atoms with Gasteiger partial charge in [-0.1, -0.05) is 67.6 Å². The summed E-state index contributed by atoms with van der Waals surface area (Å²) in [5, 5.41) is 0. The van der Waals surface area contributed by atoms with Crippen LogP contribution >= 0.6 is 0 Å².